The van der Waals surface area contributed by atoms with E-state index in [0.29, 0.717) is 17.1 Å². The van der Waals surface area contributed by atoms with E-state index in [-0.39, 0.29) is 28.7 Å². The van der Waals surface area contributed by atoms with Gasteiger partial charge in [0.1, 0.15) is 0 Å². The number of hydrogen-bond acceptors (Lipinski definition) is 6. The van der Waals surface area contributed by atoms with Crippen molar-refractivity contribution in [2.45, 2.75) is 17.8 Å². The van der Waals surface area contributed by atoms with Crippen molar-refractivity contribution in [3.05, 3.63) is 64.7 Å². The molecule has 1 fully saturated rings. The second kappa shape index (κ2) is 8.01. The van der Waals surface area contributed by atoms with Crippen LogP contribution in [0.25, 0.3) is 0 Å². The van der Waals surface area contributed by atoms with Crippen molar-refractivity contribution in [2.24, 2.45) is 4.99 Å². The minimum Gasteiger partial charge on any atom is -0.355 e. The molecule has 1 amide bonds. The standard InChI is InChI=1S/C20H20ClN3O3S2/c1-22-19(25)13-6-8-15(9-7-13)24(10-14-4-2-3-5-16(14)21)20-23-17-11-29(26,27)12-18(17)28-20/h2-9,17-18H,10-12H2,1H3,(H,22,25)/t17-,18-/m1/s1. The van der Waals surface area contributed by atoms with Crippen LogP contribution < -0.4 is 10.2 Å². The van der Waals surface area contributed by atoms with Crippen molar-refractivity contribution in [2.75, 3.05) is 23.5 Å². The Balaban J connectivity index is 1.67. The van der Waals surface area contributed by atoms with E-state index >= 15 is 0 Å². The number of fused-ring (bicyclic) bond motifs is 1. The van der Waals surface area contributed by atoms with E-state index in [0.717, 1.165) is 16.4 Å². The Kier molecular flexibility index (Phi) is 5.59. The van der Waals surface area contributed by atoms with Crippen LogP contribution in [0.2, 0.25) is 5.02 Å². The Morgan fingerprint density at radius 1 is 1.21 bits per heavy atom. The lowest BCUT2D eigenvalue weighted by atomic mass is 10.1. The fourth-order valence-electron chi connectivity index (χ4n) is 3.47. The second-order valence-electron chi connectivity index (χ2n) is 7.02. The van der Waals surface area contributed by atoms with Gasteiger partial charge in [-0.15, -0.1) is 0 Å². The summed E-state index contributed by atoms with van der Waals surface area (Å²) in [5.41, 5.74) is 2.38. The first-order valence-corrected chi connectivity index (χ1v) is 12.2. The fourth-order valence-corrected chi connectivity index (χ4v) is 7.45. The Hall–Kier alpha value is -2.03. The zero-order valence-electron chi connectivity index (χ0n) is 15.7. The first kappa shape index (κ1) is 20.3. The summed E-state index contributed by atoms with van der Waals surface area (Å²) in [6.45, 7) is 0.497. The molecule has 0 radical (unpaired) electrons. The topological polar surface area (TPSA) is 78.8 Å². The smallest absolute Gasteiger partial charge is 0.251 e. The molecule has 1 N–H and O–H groups in total. The minimum absolute atomic E-state index is 0.0473. The molecule has 0 aliphatic carbocycles. The highest BCUT2D eigenvalue weighted by Crippen LogP contribution is 2.37. The number of nitrogens with one attached hydrogen (secondary N) is 1. The maximum atomic E-state index is 11.9. The van der Waals surface area contributed by atoms with E-state index in [2.05, 4.69) is 5.32 Å². The van der Waals surface area contributed by atoms with Crippen molar-refractivity contribution in [1.29, 1.82) is 0 Å². The van der Waals surface area contributed by atoms with Crippen LogP contribution in [-0.4, -0.2) is 49.3 Å². The third-order valence-electron chi connectivity index (χ3n) is 4.99. The third-order valence-corrected chi connectivity index (χ3v) is 8.61. The number of hydrogen-bond donors (Lipinski definition) is 1. The summed E-state index contributed by atoms with van der Waals surface area (Å²) >= 11 is 7.88. The Morgan fingerprint density at radius 3 is 2.59 bits per heavy atom. The van der Waals surface area contributed by atoms with E-state index in [1.54, 1.807) is 19.2 Å². The molecule has 9 heteroatoms. The Morgan fingerprint density at radius 2 is 1.93 bits per heavy atom. The number of carbonyl (C=O) groups is 1. The normalized spacial score (nSPS) is 22.1. The van der Waals surface area contributed by atoms with Crippen LogP contribution in [0, 0.1) is 0 Å². The molecular formula is C20H20ClN3O3S2. The quantitative estimate of drug-likeness (QED) is 0.776. The van der Waals surface area contributed by atoms with Gasteiger partial charge in [-0.2, -0.15) is 0 Å². The van der Waals surface area contributed by atoms with Crippen LogP contribution in [0.1, 0.15) is 15.9 Å². The lowest BCUT2D eigenvalue weighted by molar-refractivity contribution is 0.0963. The predicted molar refractivity (Wildman–Crippen MR) is 119 cm³/mol. The number of rotatable bonds is 4. The molecule has 29 heavy (non-hydrogen) atoms. The van der Waals surface area contributed by atoms with Crippen molar-refractivity contribution in [3.8, 4) is 0 Å². The lowest BCUT2D eigenvalue weighted by Gasteiger charge is -2.25. The Labute approximate surface area is 179 Å². The largest absolute Gasteiger partial charge is 0.355 e. The lowest BCUT2D eigenvalue weighted by Crippen LogP contribution is -2.28. The summed E-state index contributed by atoms with van der Waals surface area (Å²) in [7, 11) is -1.42. The number of anilines is 1. The highest BCUT2D eigenvalue weighted by atomic mass is 35.5. The summed E-state index contributed by atoms with van der Waals surface area (Å²) in [5, 5.41) is 4.00. The van der Waals surface area contributed by atoms with Crippen LogP contribution in [0.3, 0.4) is 0 Å². The number of thioether (sulfide) groups is 1. The summed E-state index contributed by atoms with van der Waals surface area (Å²) in [4.78, 5) is 18.6. The summed E-state index contributed by atoms with van der Waals surface area (Å²) in [5.74, 6) is 0.107. The van der Waals surface area contributed by atoms with Gasteiger partial charge in [0.2, 0.25) is 0 Å². The van der Waals surface area contributed by atoms with Gasteiger partial charge in [-0.25, -0.2) is 8.42 Å². The molecule has 2 aliphatic rings. The molecule has 2 heterocycles. The minimum atomic E-state index is -3.01. The van der Waals surface area contributed by atoms with Crippen LogP contribution in [-0.2, 0) is 16.4 Å². The molecule has 0 aromatic heterocycles. The van der Waals surface area contributed by atoms with E-state index in [1.165, 1.54) is 11.8 Å². The number of amides is 1. The number of halogens is 1. The Bertz CT molecular complexity index is 1070. The number of amidine groups is 1. The highest BCUT2D eigenvalue weighted by Gasteiger charge is 2.44. The van der Waals surface area contributed by atoms with Gasteiger partial charge in [0.25, 0.3) is 5.91 Å². The molecule has 2 aromatic rings. The maximum absolute atomic E-state index is 11.9. The number of aliphatic imine (C=N–C) groups is 1. The van der Waals surface area contributed by atoms with Crippen LogP contribution in [0.15, 0.2) is 53.5 Å². The van der Waals surface area contributed by atoms with Crippen LogP contribution in [0.5, 0.6) is 0 Å². The number of nitrogens with zero attached hydrogens (tertiary/aromatic N) is 2. The van der Waals surface area contributed by atoms with Crippen LogP contribution >= 0.6 is 23.4 Å². The van der Waals surface area contributed by atoms with Crippen molar-refractivity contribution >= 4 is 50.0 Å². The molecule has 1 saturated heterocycles. The summed E-state index contributed by atoms with van der Waals surface area (Å²) in [6, 6.07) is 14.7. The van der Waals surface area contributed by atoms with Crippen LogP contribution in [0.4, 0.5) is 5.69 Å². The predicted octanol–water partition coefficient (Wildman–Crippen LogP) is 2.97. The first-order chi connectivity index (χ1) is 13.9. The van der Waals surface area contributed by atoms with Gasteiger partial charge in [0, 0.05) is 28.6 Å². The zero-order valence-corrected chi connectivity index (χ0v) is 18.1. The monoisotopic (exact) mass is 449 g/mol. The second-order valence-corrected chi connectivity index (χ2v) is 10.8. The number of carbonyl (C=O) groups excluding carboxylic acids is 1. The van der Waals surface area contributed by atoms with Gasteiger partial charge >= 0.3 is 0 Å². The van der Waals surface area contributed by atoms with E-state index in [9.17, 15) is 13.2 Å². The van der Waals surface area contributed by atoms with E-state index in [4.69, 9.17) is 16.6 Å². The van der Waals surface area contributed by atoms with Crippen molar-refractivity contribution < 1.29 is 13.2 Å². The van der Waals surface area contributed by atoms with Gasteiger partial charge in [0.15, 0.2) is 15.0 Å². The molecule has 0 bridgehead atoms. The molecular weight excluding hydrogens is 430 g/mol. The third kappa shape index (κ3) is 4.29. The number of sulfone groups is 1. The molecule has 152 valence electrons. The van der Waals surface area contributed by atoms with Gasteiger partial charge < -0.3 is 10.2 Å². The summed E-state index contributed by atoms with van der Waals surface area (Å²) in [6.07, 6.45) is 0. The molecule has 0 unspecified atom stereocenters. The van der Waals surface area contributed by atoms with Gasteiger partial charge in [-0.1, -0.05) is 41.6 Å². The molecule has 0 spiro atoms. The van der Waals surface area contributed by atoms with E-state index in [1.807, 2.05) is 41.3 Å². The average Bonchev–Trinajstić information content (AvgIpc) is 3.20. The maximum Gasteiger partial charge on any atom is 0.251 e. The van der Waals surface area contributed by atoms with Gasteiger partial charge in [-0.3, -0.25) is 9.79 Å². The van der Waals surface area contributed by atoms with Gasteiger partial charge in [-0.05, 0) is 35.9 Å². The average molecular weight is 450 g/mol. The number of benzene rings is 2. The SMILES string of the molecule is CNC(=O)c1ccc(N(Cc2ccccc2Cl)C2=N[C@@H]3CS(=O)(=O)C[C@H]3S2)cc1. The molecule has 6 nitrogen and oxygen atoms in total. The zero-order chi connectivity index (χ0) is 20.6. The summed E-state index contributed by atoms with van der Waals surface area (Å²) < 4.78 is 23.8. The van der Waals surface area contributed by atoms with Crippen molar-refractivity contribution in [3.63, 3.8) is 0 Å². The first-order valence-electron chi connectivity index (χ1n) is 9.14. The van der Waals surface area contributed by atoms with E-state index < -0.39 is 9.84 Å². The van der Waals surface area contributed by atoms with Gasteiger partial charge in [0.05, 0.1) is 24.1 Å². The molecule has 2 aliphatic heterocycles. The highest BCUT2D eigenvalue weighted by molar-refractivity contribution is 8.15. The fraction of sp³-hybridized carbons (Fsp3) is 0.300. The van der Waals surface area contributed by atoms with Crippen molar-refractivity contribution in [1.82, 2.24) is 5.32 Å². The molecule has 4 rings (SSSR count). The molecule has 0 saturated carbocycles. The molecule has 2 aromatic carbocycles. The molecule has 2 atom stereocenters.